The van der Waals surface area contributed by atoms with E-state index < -0.39 is 0 Å². The molecule has 0 saturated carbocycles. The van der Waals surface area contributed by atoms with E-state index in [1.54, 1.807) is 0 Å². The minimum atomic E-state index is -0.0262. The van der Waals surface area contributed by atoms with Crippen LogP contribution in [0.5, 0.6) is 5.75 Å². The number of benzene rings is 1. The maximum absolute atomic E-state index is 12.5. The van der Waals surface area contributed by atoms with Crippen molar-refractivity contribution in [1.82, 2.24) is 14.7 Å². The lowest BCUT2D eigenvalue weighted by molar-refractivity contribution is -0.132. The molecule has 1 aromatic carbocycles. The van der Waals surface area contributed by atoms with Gasteiger partial charge >= 0.3 is 0 Å². The summed E-state index contributed by atoms with van der Waals surface area (Å²) in [7, 11) is 0. The van der Waals surface area contributed by atoms with Gasteiger partial charge in [0.25, 0.3) is 0 Å². The molecule has 0 unspecified atom stereocenters. The molecule has 25 heavy (non-hydrogen) atoms. The molecule has 0 spiro atoms. The molecular weight excluding hydrogens is 314 g/mol. The van der Waals surface area contributed by atoms with E-state index in [1.807, 2.05) is 42.3 Å². The third kappa shape index (κ3) is 4.03. The molecule has 2 aromatic rings. The smallest absolute Gasteiger partial charge is 0.226 e. The normalized spacial score (nSPS) is 14.3. The van der Waals surface area contributed by atoms with Crippen LogP contribution in [-0.2, 0) is 23.3 Å². The number of carbonyl (C=O) groups is 1. The highest BCUT2D eigenvalue weighted by Crippen LogP contribution is 2.24. The van der Waals surface area contributed by atoms with Gasteiger partial charge < -0.3 is 9.64 Å². The highest BCUT2D eigenvalue weighted by atomic mass is 16.5. The van der Waals surface area contributed by atoms with Crippen molar-refractivity contribution in [3.63, 3.8) is 0 Å². The molecule has 134 valence electrons. The van der Waals surface area contributed by atoms with Gasteiger partial charge in [-0.05, 0) is 39.8 Å². The summed E-state index contributed by atoms with van der Waals surface area (Å²) < 4.78 is 7.76. The van der Waals surface area contributed by atoms with Gasteiger partial charge in [-0.3, -0.25) is 9.48 Å². The predicted octanol–water partition coefficient (Wildman–Crippen LogP) is 3.30. The van der Waals surface area contributed by atoms with Crippen molar-refractivity contribution in [2.45, 2.75) is 52.6 Å². The standard InChI is InChI=1S/C20H27N3O2/c1-15-5-7-17(8-6-15)25-12-10-19(24)22-11-9-18-16(14-22)13-21-23(18)20(2,3)4/h5-8,13H,9-12,14H2,1-4H3. The maximum Gasteiger partial charge on any atom is 0.226 e. The number of carbonyl (C=O) groups excluding carboxylic acids is 1. The molecule has 0 radical (unpaired) electrons. The van der Waals surface area contributed by atoms with Crippen molar-refractivity contribution in [3.8, 4) is 5.75 Å². The van der Waals surface area contributed by atoms with E-state index in [0.29, 0.717) is 19.6 Å². The van der Waals surface area contributed by atoms with Gasteiger partial charge in [-0.15, -0.1) is 0 Å². The lowest BCUT2D eigenvalue weighted by atomic mass is 10.0. The molecule has 1 aliphatic heterocycles. The molecule has 2 heterocycles. The summed E-state index contributed by atoms with van der Waals surface area (Å²) in [6.07, 6.45) is 3.16. The van der Waals surface area contributed by atoms with Gasteiger partial charge in [0.1, 0.15) is 5.75 Å². The van der Waals surface area contributed by atoms with Crippen LogP contribution in [0, 0.1) is 6.92 Å². The fourth-order valence-corrected chi connectivity index (χ4v) is 3.17. The Morgan fingerprint density at radius 3 is 2.64 bits per heavy atom. The van der Waals surface area contributed by atoms with E-state index in [0.717, 1.165) is 24.3 Å². The number of ether oxygens (including phenoxy) is 1. The number of amides is 1. The first-order chi connectivity index (χ1) is 11.8. The highest BCUT2D eigenvalue weighted by molar-refractivity contribution is 5.76. The second-order valence-electron chi connectivity index (χ2n) is 7.68. The Morgan fingerprint density at radius 1 is 1.24 bits per heavy atom. The molecule has 0 fully saturated rings. The number of aromatic nitrogens is 2. The highest BCUT2D eigenvalue weighted by Gasteiger charge is 2.27. The molecule has 0 bridgehead atoms. The fourth-order valence-electron chi connectivity index (χ4n) is 3.17. The fraction of sp³-hybridized carbons (Fsp3) is 0.500. The van der Waals surface area contributed by atoms with Gasteiger partial charge in [0, 0.05) is 30.8 Å². The van der Waals surface area contributed by atoms with Crippen molar-refractivity contribution < 1.29 is 9.53 Å². The lowest BCUT2D eigenvalue weighted by Crippen LogP contribution is -2.38. The molecule has 0 N–H and O–H groups in total. The minimum Gasteiger partial charge on any atom is -0.493 e. The quantitative estimate of drug-likeness (QED) is 0.857. The van der Waals surface area contributed by atoms with Gasteiger partial charge in [0.15, 0.2) is 0 Å². The SMILES string of the molecule is Cc1ccc(OCCC(=O)N2CCc3c(cnn3C(C)(C)C)C2)cc1. The van der Waals surface area contributed by atoms with E-state index in [1.165, 1.54) is 11.3 Å². The number of hydrogen-bond donors (Lipinski definition) is 0. The Hall–Kier alpha value is -2.30. The average Bonchev–Trinajstić information content (AvgIpc) is 3.00. The summed E-state index contributed by atoms with van der Waals surface area (Å²) in [5.74, 6) is 0.951. The summed E-state index contributed by atoms with van der Waals surface area (Å²) >= 11 is 0. The Morgan fingerprint density at radius 2 is 1.96 bits per heavy atom. The molecule has 1 aromatic heterocycles. The maximum atomic E-state index is 12.5. The zero-order valence-corrected chi connectivity index (χ0v) is 15.6. The van der Waals surface area contributed by atoms with Crippen molar-refractivity contribution in [1.29, 1.82) is 0 Å². The van der Waals surface area contributed by atoms with Crippen LogP contribution < -0.4 is 4.74 Å². The number of fused-ring (bicyclic) bond motifs is 1. The van der Waals surface area contributed by atoms with E-state index in [9.17, 15) is 4.79 Å². The van der Waals surface area contributed by atoms with Crippen LogP contribution >= 0.6 is 0 Å². The molecule has 5 nitrogen and oxygen atoms in total. The van der Waals surface area contributed by atoms with Gasteiger partial charge in [0.05, 0.1) is 24.8 Å². The topological polar surface area (TPSA) is 47.4 Å². The second-order valence-corrected chi connectivity index (χ2v) is 7.68. The summed E-state index contributed by atoms with van der Waals surface area (Å²) in [6, 6.07) is 7.90. The molecule has 0 aliphatic carbocycles. The zero-order valence-electron chi connectivity index (χ0n) is 15.6. The van der Waals surface area contributed by atoms with E-state index >= 15 is 0 Å². The second kappa shape index (κ2) is 6.90. The average molecular weight is 341 g/mol. The van der Waals surface area contributed by atoms with Gasteiger partial charge in [-0.2, -0.15) is 5.10 Å². The van der Waals surface area contributed by atoms with Gasteiger partial charge in [0.2, 0.25) is 5.91 Å². The van der Waals surface area contributed by atoms with E-state index in [-0.39, 0.29) is 11.4 Å². The van der Waals surface area contributed by atoms with Crippen molar-refractivity contribution in [3.05, 3.63) is 47.3 Å². The molecule has 1 amide bonds. The monoisotopic (exact) mass is 341 g/mol. The van der Waals surface area contributed by atoms with Crippen molar-refractivity contribution in [2.24, 2.45) is 0 Å². The number of nitrogens with zero attached hydrogens (tertiary/aromatic N) is 3. The molecule has 1 aliphatic rings. The summed E-state index contributed by atoms with van der Waals surface area (Å²) in [5, 5.41) is 4.53. The number of aryl methyl sites for hydroxylation is 1. The Labute approximate surface area is 149 Å². The first-order valence-corrected chi connectivity index (χ1v) is 8.88. The molecular formula is C20H27N3O2. The first-order valence-electron chi connectivity index (χ1n) is 8.88. The van der Waals surface area contributed by atoms with Gasteiger partial charge in [-0.25, -0.2) is 0 Å². The van der Waals surface area contributed by atoms with Crippen LogP contribution in [0.25, 0.3) is 0 Å². The Balaban J connectivity index is 1.54. The van der Waals surface area contributed by atoms with Crippen LogP contribution in [0.4, 0.5) is 0 Å². The number of rotatable bonds is 4. The summed E-state index contributed by atoms with van der Waals surface area (Å²) in [5.41, 5.74) is 3.59. The predicted molar refractivity (Wildman–Crippen MR) is 97.6 cm³/mol. The van der Waals surface area contributed by atoms with Crippen LogP contribution in [-0.4, -0.2) is 33.7 Å². The van der Waals surface area contributed by atoms with Crippen molar-refractivity contribution >= 4 is 5.91 Å². The van der Waals surface area contributed by atoms with Crippen LogP contribution in [0.1, 0.15) is 44.0 Å². The largest absolute Gasteiger partial charge is 0.493 e. The summed E-state index contributed by atoms with van der Waals surface area (Å²) in [6.45, 7) is 10.3. The number of hydrogen-bond acceptors (Lipinski definition) is 3. The minimum absolute atomic E-state index is 0.0262. The third-order valence-electron chi connectivity index (χ3n) is 4.53. The first kappa shape index (κ1) is 17.5. The molecule has 0 atom stereocenters. The molecule has 5 heteroatoms. The molecule has 0 saturated heterocycles. The van der Waals surface area contributed by atoms with Crippen LogP contribution in [0.15, 0.2) is 30.5 Å². The van der Waals surface area contributed by atoms with Crippen LogP contribution in [0.2, 0.25) is 0 Å². The Bertz CT molecular complexity index is 741. The van der Waals surface area contributed by atoms with Gasteiger partial charge in [-0.1, -0.05) is 17.7 Å². The molecule has 3 rings (SSSR count). The summed E-state index contributed by atoms with van der Waals surface area (Å²) in [4.78, 5) is 14.4. The lowest BCUT2D eigenvalue weighted by Gasteiger charge is -2.30. The Kier molecular flexibility index (Phi) is 4.84. The van der Waals surface area contributed by atoms with E-state index in [2.05, 4.69) is 30.6 Å². The third-order valence-corrected chi connectivity index (χ3v) is 4.53. The zero-order chi connectivity index (χ0) is 18.0. The van der Waals surface area contributed by atoms with E-state index in [4.69, 9.17) is 4.74 Å². The van der Waals surface area contributed by atoms with Crippen LogP contribution in [0.3, 0.4) is 0 Å². The van der Waals surface area contributed by atoms with Crippen molar-refractivity contribution in [2.75, 3.05) is 13.2 Å².